The predicted octanol–water partition coefficient (Wildman–Crippen LogP) is 2.33. The first-order valence-electron chi connectivity index (χ1n) is 9.16. The van der Waals surface area contributed by atoms with Gasteiger partial charge < -0.3 is 19.6 Å². The van der Waals surface area contributed by atoms with Crippen molar-refractivity contribution in [3.8, 4) is 0 Å². The molecule has 0 spiro atoms. The maximum absolute atomic E-state index is 12.2. The van der Waals surface area contributed by atoms with E-state index < -0.39 is 11.6 Å². The number of pyridine rings is 1. The van der Waals surface area contributed by atoms with Gasteiger partial charge in [0.05, 0.1) is 5.92 Å². The van der Waals surface area contributed by atoms with Gasteiger partial charge in [0.25, 0.3) is 0 Å². The summed E-state index contributed by atoms with van der Waals surface area (Å²) in [5.74, 6) is -0.119. The van der Waals surface area contributed by atoms with E-state index in [1.165, 1.54) is 5.56 Å². The Bertz CT molecular complexity index is 691. The standard InChI is InChI=1S/C19H27N3O4/c1-19(2,3)26-18(25)22-8-6-21(7-9-22)16-11-13-4-5-14(17(23)24)10-15(13)12-20-16/h11-12,14H,4-10H2,1-3H3,(H,23,24). The van der Waals surface area contributed by atoms with Crippen LogP contribution in [0, 0.1) is 5.92 Å². The summed E-state index contributed by atoms with van der Waals surface area (Å²) in [7, 11) is 0. The maximum atomic E-state index is 12.2. The average molecular weight is 361 g/mol. The van der Waals surface area contributed by atoms with Crippen molar-refractivity contribution in [2.24, 2.45) is 5.92 Å². The quantitative estimate of drug-likeness (QED) is 0.870. The molecule has 1 atom stereocenters. The molecule has 1 aliphatic carbocycles. The number of carbonyl (C=O) groups is 2. The smallest absolute Gasteiger partial charge is 0.410 e. The third kappa shape index (κ3) is 4.26. The zero-order valence-electron chi connectivity index (χ0n) is 15.7. The Morgan fingerprint density at radius 3 is 2.50 bits per heavy atom. The summed E-state index contributed by atoms with van der Waals surface area (Å²) in [6.45, 7) is 8.24. The number of amides is 1. The topological polar surface area (TPSA) is 83.0 Å². The van der Waals surface area contributed by atoms with Crippen molar-refractivity contribution < 1.29 is 19.4 Å². The summed E-state index contributed by atoms with van der Waals surface area (Å²) >= 11 is 0. The molecule has 1 aromatic heterocycles. The van der Waals surface area contributed by atoms with Crippen LogP contribution in [0.1, 0.15) is 38.3 Å². The number of rotatable bonds is 2. The van der Waals surface area contributed by atoms with Crippen molar-refractivity contribution in [3.63, 3.8) is 0 Å². The monoisotopic (exact) mass is 361 g/mol. The molecule has 26 heavy (non-hydrogen) atoms. The number of carboxylic acid groups (broad SMARTS) is 1. The van der Waals surface area contributed by atoms with Crippen LogP contribution in [-0.4, -0.2) is 58.8 Å². The molecule has 0 radical (unpaired) electrons. The predicted molar refractivity (Wildman–Crippen MR) is 97.4 cm³/mol. The van der Waals surface area contributed by atoms with E-state index in [9.17, 15) is 14.7 Å². The van der Waals surface area contributed by atoms with Crippen LogP contribution in [0.25, 0.3) is 0 Å². The Balaban J connectivity index is 1.60. The van der Waals surface area contributed by atoms with Crippen LogP contribution in [0.2, 0.25) is 0 Å². The highest BCUT2D eigenvalue weighted by atomic mass is 16.6. The SMILES string of the molecule is CC(C)(C)OC(=O)N1CCN(c2cc3c(cn2)CC(C(=O)O)CC3)CC1. The molecular weight excluding hydrogens is 334 g/mol. The lowest BCUT2D eigenvalue weighted by molar-refractivity contribution is -0.142. The van der Waals surface area contributed by atoms with E-state index in [0.717, 1.165) is 17.8 Å². The molecule has 142 valence electrons. The molecule has 1 amide bonds. The zero-order valence-corrected chi connectivity index (χ0v) is 15.7. The molecular formula is C19H27N3O4. The van der Waals surface area contributed by atoms with E-state index in [0.29, 0.717) is 39.0 Å². The number of carbonyl (C=O) groups excluding carboxylic acids is 1. The van der Waals surface area contributed by atoms with Crippen LogP contribution in [0.5, 0.6) is 0 Å². The molecule has 1 unspecified atom stereocenters. The van der Waals surface area contributed by atoms with Gasteiger partial charge in [-0.05, 0) is 57.2 Å². The Morgan fingerprint density at radius 1 is 1.19 bits per heavy atom. The lowest BCUT2D eigenvalue weighted by atomic mass is 9.85. The largest absolute Gasteiger partial charge is 0.481 e. The van der Waals surface area contributed by atoms with E-state index >= 15 is 0 Å². The number of fused-ring (bicyclic) bond motifs is 1. The van der Waals surface area contributed by atoms with Crippen LogP contribution in [-0.2, 0) is 22.4 Å². The van der Waals surface area contributed by atoms with Crippen molar-refractivity contribution in [1.82, 2.24) is 9.88 Å². The van der Waals surface area contributed by atoms with Gasteiger partial charge in [0.1, 0.15) is 11.4 Å². The molecule has 1 fully saturated rings. The number of aromatic nitrogens is 1. The number of aryl methyl sites for hydroxylation is 1. The van der Waals surface area contributed by atoms with Gasteiger partial charge in [0, 0.05) is 32.4 Å². The fourth-order valence-electron chi connectivity index (χ4n) is 3.45. The van der Waals surface area contributed by atoms with Crippen LogP contribution in [0.3, 0.4) is 0 Å². The molecule has 2 aliphatic rings. The highest BCUT2D eigenvalue weighted by molar-refractivity contribution is 5.71. The minimum atomic E-state index is -0.724. The summed E-state index contributed by atoms with van der Waals surface area (Å²) in [6, 6.07) is 2.08. The van der Waals surface area contributed by atoms with Gasteiger partial charge in [-0.1, -0.05) is 0 Å². The van der Waals surface area contributed by atoms with Gasteiger partial charge in [-0.3, -0.25) is 4.79 Å². The highest BCUT2D eigenvalue weighted by Crippen LogP contribution is 2.28. The van der Waals surface area contributed by atoms with Gasteiger partial charge in [0.2, 0.25) is 0 Å². The minimum Gasteiger partial charge on any atom is -0.481 e. The lowest BCUT2D eigenvalue weighted by Gasteiger charge is -2.36. The van der Waals surface area contributed by atoms with Gasteiger partial charge in [-0.25, -0.2) is 9.78 Å². The van der Waals surface area contributed by atoms with E-state index in [1.807, 2.05) is 27.0 Å². The fraction of sp³-hybridized carbons (Fsp3) is 0.632. The Morgan fingerprint density at radius 2 is 1.88 bits per heavy atom. The van der Waals surface area contributed by atoms with Crippen LogP contribution >= 0.6 is 0 Å². The molecule has 3 rings (SSSR count). The maximum Gasteiger partial charge on any atom is 0.410 e. The van der Waals surface area contributed by atoms with Gasteiger partial charge in [0.15, 0.2) is 0 Å². The van der Waals surface area contributed by atoms with Crippen LogP contribution in [0.15, 0.2) is 12.3 Å². The highest BCUT2D eigenvalue weighted by Gasteiger charge is 2.28. The molecule has 0 saturated carbocycles. The van der Waals surface area contributed by atoms with Crippen molar-refractivity contribution in [1.29, 1.82) is 0 Å². The second-order valence-electron chi connectivity index (χ2n) is 8.04. The second kappa shape index (κ2) is 7.13. The summed E-state index contributed by atoms with van der Waals surface area (Å²) < 4.78 is 5.43. The van der Waals surface area contributed by atoms with Crippen molar-refractivity contribution in [3.05, 3.63) is 23.4 Å². The molecule has 1 aliphatic heterocycles. The van der Waals surface area contributed by atoms with Crippen molar-refractivity contribution in [2.45, 2.75) is 45.6 Å². The summed E-state index contributed by atoms with van der Waals surface area (Å²) in [5, 5.41) is 9.19. The molecule has 1 N–H and O–H groups in total. The van der Waals surface area contributed by atoms with E-state index in [-0.39, 0.29) is 12.0 Å². The van der Waals surface area contributed by atoms with Crippen molar-refractivity contribution in [2.75, 3.05) is 31.1 Å². The molecule has 7 nitrogen and oxygen atoms in total. The number of aliphatic carboxylic acids is 1. The molecule has 0 aromatic carbocycles. The van der Waals surface area contributed by atoms with Crippen molar-refractivity contribution >= 4 is 17.9 Å². The number of hydrogen-bond acceptors (Lipinski definition) is 5. The Kier molecular flexibility index (Phi) is 5.07. The zero-order chi connectivity index (χ0) is 18.9. The first-order valence-corrected chi connectivity index (χ1v) is 9.16. The van der Waals surface area contributed by atoms with E-state index in [2.05, 4.69) is 16.0 Å². The molecule has 1 saturated heterocycles. The Labute approximate surface area is 153 Å². The van der Waals surface area contributed by atoms with E-state index in [4.69, 9.17) is 4.74 Å². The van der Waals surface area contributed by atoms with Gasteiger partial charge in [-0.2, -0.15) is 0 Å². The second-order valence-corrected chi connectivity index (χ2v) is 8.04. The summed E-state index contributed by atoms with van der Waals surface area (Å²) in [5.41, 5.74) is 1.75. The Hall–Kier alpha value is -2.31. The number of piperazine rings is 1. The number of ether oxygens (including phenoxy) is 1. The molecule has 7 heteroatoms. The van der Waals surface area contributed by atoms with Crippen LogP contribution in [0.4, 0.5) is 10.6 Å². The number of anilines is 1. The minimum absolute atomic E-state index is 0.268. The average Bonchev–Trinajstić information content (AvgIpc) is 2.59. The number of hydrogen-bond donors (Lipinski definition) is 1. The lowest BCUT2D eigenvalue weighted by Crippen LogP contribution is -2.50. The normalized spacial score (nSPS) is 20.5. The summed E-state index contributed by atoms with van der Waals surface area (Å²) in [4.78, 5) is 31.8. The molecule has 0 bridgehead atoms. The third-order valence-electron chi connectivity index (χ3n) is 4.90. The van der Waals surface area contributed by atoms with E-state index in [1.54, 1.807) is 4.90 Å². The van der Waals surface area contributed by atoms with Crippen LogP contribution < -0.4 is 4.90 Å². The van der Waals surface area contributed by atoms with Gasteiger partial charge >= 0.3 is 12.1 Å². The first kappa shape index (κ1) is 18.5. The van der Waals surface area contributed by atoms with Gasteiger partial charge in [-0.15, -0.1) is 0 Å². The number of carboxylic acids is 1. The number of nitrogens with zero attached hydrogens (tertiary/aromatic N) is 3. The molecule has 2 heterocycles. The first-order chi connectivity index (χ1) is 12.2. The summed E-state index contributed by atoms with van der Waals surface area (Å²) in [6.07, 6.45) is 3.57. The fourth-order valence-corrected chi connectivity index (χ4v) is 3.45. The third-order valence-corrected chi connectivity index (χ3v) is 4.90. The molecule has 1 aromatic rings.